The van der Waals surface area contributed by atoms with Crippen molar-refractivity contribution in [2.75, 3.05) is 0 Å². The van der Waals surface area contributed by atoms with Crippen molar-refractivity contribution in [3.05, 3.63) is 17.5 Å². The van der Waals surface area contributed by atoms with Crippen LogP contribution in [0.2, 0.25) is 0 Å². The van der Waals surface area contributed by atoms with Crippen molar-refractivity contribution in [3.63, 3.8) is 0 Å². The lowest BCUT2D eigenvalue weighted by atomic mass is 9.98. The minimum absolute atomic E-state index is 0.121. The fourth-order valence-corrected chi connectivity index (χ4v) is 1.70. The highest BCUT2D eigenvalue weighted by atomic mass is 15.3. The maximum atomic E-state index is 6.12. The molecule has 0 aromatic carbocycles. The fourth-order valence-electron chi connectivity index (χ4n) is 1.70. The molecule has 0 fully saturated rings. The average Bonchev–Trinajstić information content (AvgIpc) is 2.45. The first-order valence-corrected chi connectivity index (χ1v) is 5.30. The number of nitrogens with zero attached hydrogens (tertiary/aromatic N) is 2. The molecule has 0 aliphatic carbocycles. The highest BCUT2D eigenvalue weighted by molar-refractivity contribution is 5.12. The summed E-state index contributed by atoms with van der Waals surface area (Å²) in [5, 5.41) is 4.30. The Morgan fingerprint density at radius 3 is 2.64 bits per heavy atom. The van der Waals surface area contributed by atoms with Gasteiger partial charge in [0, 0.05) is 13.1 Å². The van der Waals surface area contributed by atoms with Crippen molar-refractivity contribution in [2.24, 2.45) is 18.7 Å². The van der Waals surface area contributed by atoms with E-state index in [1.807, 2.05) is 18.7 Å². The molecule has 0 bridgehead atoms. The summed E-state index contributed by atoms with van der Waals surface area (Å²) in [4.78, 5) is 0. The first kappa shape index (κ1) is 11.2. The molecule has 0 spiro atoms. The molecule has 0 radical (unpaired) electrons. The molecule has 0 amide bonds. The van der Waals surface area contributed by atoms with Crippen molar-refractivity contribution in [3.8, 4) is 0 Å². The summed E-state index contributed by atoms with van der Waals surface area (Å²) in [5.74, 6) is 0.681. The van der Waals surface area contributed by atoms with E-state index < -0.39 is 0 Å². The summed E-state index contributed by atoms with van der Waals surface area (Å²) in [6.45, 7) is 6.44. The van der Waals surface area contributed by atoms with Gasteiger partial charge in [0.1, 0.15) is 0 Å². The first-order valence-electron chi connectivity index (χ1n) is 5.30. The van der Waals surface area contributed by atoms with Gasteiger partial charge in [-0.05, 0) is 25.3 Å². The highest BCUT2D eigenvalue weighted by Gasteiger charge is 2.13. The summed E-state index contributed by atoms with van der Waals surface area (Å²) < 4.78 is 1.89. The second kappa shape index (κ2) is 4.60. The third kappa shape index (κ3) is 2.58. The zero-order valence-corrected chi connectivity index (χ0v) is 9.62. The van der Waals surface area contributed by atoms with Gasteiger partial charge in [0.05, 0.1) is 11.4 Å². The van der Waals surface area contributed by atoms with E-state index >= 15 is 0 Å². The van der Waals surface area contributed by atoms with E-state index in [2.05, 4.69) is 25.0 Å². The van der Waals surface area contributed by atoms with Gasteiger partial charge in [-0.3, -0.25) is 4.68 Å². The molecule has 14 heavy (non-hydrogen) atoms. The summed E-state index contributed by atoms with van der Waals surface area (Å²) >= 11 is 0. The molecule has 2 unspecified atom stereocenters. The minimum Gasteiger partial charge on any atom is -0.323 e. The van der Waals surface area contributed by atoms with Crippen LogP contribution < -0.4 is 5.73 Å². The summed E-state index contributed by atoms with van der Waals surface area (Å²) in [7, 11) is 1.96. The van der Waals surface area contributed by atoms with Gasteiger partial charge in [0.15, 0.2) is 0 Å². The molecular formula is C11H21N3. The van der Waals surface area contributed by atoms with Crippen molar-refractivity contribution in [1.29, 1.82) is 0 Å². The molecule has 0 saturated carbocycles. The molecule has 2 atom stereocenters. The predicted octanol–water partition coefficient (Wildman–Crippen LogP) is 2.16. The van der Waals surface area contributed by atoms with Crippen molar-refractivity contribution in [1.82, 2.24) is 9.78 Å². The average molecular weight is 195 g/mol. The molecule has 3 nitrogen and oxygen atoms in total. The minimum atomic E-state index is 0.121. The van der Waals surface area contributed by atoms with Crippen LogP contribution in [0.3, 0.4) is 0 Å². The fraction of sp³-hybridized carbons (Fsp3) is 0.727. The number of hydrogen-bond donors (Lipinski definition) is 1. The quantitative estimate of drug-likeness (QED) is 0.800. The summed E-state index contributed by atoms with van der Waals surface area (Å²) in [6, 6.07) is 2.20. The largest absolute Gasteiger partial charge is 0.323 e. The molecule has 0 saturated heterocycles. The molecule has 0 aliphatic rings. The zero-order valence-electron chi connectivity index (χ0n) is 9.62. The topological polar surface area (TPSA) is 43.8 Å². The Kier molecular flexibility index (Phi) is 3.69. The summed E-state index contributed by atoms with van der Waals surface area (Å²) in [5.41, 5.74) is 8.31. The number of rotatable bonds is 4. The van der Waals surface area contributed by atoms with E-state index in [1.165, 1.54) is 6.42 Å². The van der Waals surface area contributed by atoms with Crippen LogP contribution in [0.25, 0.3) is 0 Å². The first-order chi connectivity index (χ1) is 6.54. The Bertz CT molecular complexity index is 291. The van der Waals surface area contributed by atoms with Crippen molar-refractivity contribution in [2.45, 2.75) is 39.7 Å². The lowest BCUT2D eigenvalue weighted by molar-refractivity contribution is 0.445. The van der Waals surface area contributed by atoms with Gasteiger partial charge in [-0.15, -0.1) is 0 Å². The maximum Gasteiger partial charge on any atom is 0.0597 e. The molecule has 1 heterocycles. The van der Waals surface area contributed by atoms with Gasteiger partial charge in [-0.25, -0.2) is 0 Å². The van der Waals surface area contributed by atoms with Crippen LogP contribution >= 0.6 is 0 Å². The Morgan fingerprint density at radius 1 is 1.57 bits per heavy atom. The van der Waals surface area contributed by atoms with Crippen LogP contribution in [0, 0.1) is 12.8 Å². The molecule has 1 aromatic rings. The molecule has 2 N–H and O–H groups in total. The van der Waals surface area contributed by atoms with Crippen LogP contribution in [0.15, 0.2) is 6.07 Å². The monoisotopic (exact) mass is 195 g/mol. The van der Waals surface area contributed by atoms with Crippen molar-refractivity contribution >= 4 is 0 Å². The third-order valence-electron chi connectivity index (χ3n) is 2.77. The second-order valence-electron chi connectivity index (χ2n) is 4.19. The van der Waals surface area contributed by atoms with Crippen LogP contribution in [0.5, 0.6) is 0 Å². The predicted molar refractivity (Wildman–Crippen MR) is 58.9 cm³/mol. The van der Waals surface area contributed by atoms with E-state index in [-0.39, 0.29) is 6.04 Å². The van der Waals surface area contributed by atoms with Gasteiger partial charge in [0.25, 0.3) is 0 Å². The van der Waals surface area contributed by atoms with E-state index in [0.717, 1.165) is 17.8 Å². The molecule has 1 rings (SSSR count). The lowest BCUT2D eigenvalue weighted by Gasteiger charge is -2.15. The second-order valence-corrected chi connectivity index (χ2v) is 4.19. The number of aromatic nitrogens is 2. The van der Waals surface area contributed by atoms with Crippen LogP contribution in [-0.2, 0) is 7.05 Å². The Labute approximate surface area is 86.3 Å². The zero-order chi connectivity index (χ0) is 10.7. The third-order valence-corrected chi connectivity index (χ3v) is 2.77. The Hall–Kier alpha value is -0.830. The SMILES string of the molecule is CCC(C)CC(N)c1cc(C)nn1C. The summed E-state index contributed by atoms with van der Waals surface area (Å²) in [6.07, 6.45) is 2.22. The smallest absolute Gasteiger partial charge is 0.0597 e. The molecule has 0 aliphatic heterocycles. The van der Waals surface area contributed by atoms with Gasteiger partial charge in [-0.2, -0.15) is 5.10 Å². The van der Waals surface area contributed by atoms with E-state index in [1.54, 1.807) is 0 Å². The Morgan fingerprint density at radius 2 is 2.21 bits per heavy atom. The maximum absolute atomic E-state index is 6.12. The van der Waals surface area contributed by atoms with E-state index in [9.17, 15) is 0 Å². The Balaban J connectivity index is 2.69. The van der Waals surface area contributed by atoms with Crippen LogP contribution in [0.4, 0.5) is 0 Å². The van der Waals surface area contributed by atoms with Gasteiger partial charge < -0.3 is 5.73 Å². The molecular weight excluding hydrogens is 174 g/mol. The number of hydrogen-bond acceptors (Lipinski definition) is 2. The lowest BCUT2D eigenvalue weighted by Crippen LogP contribution is -2.17. The van der Waals surface area contributed by atoms with E-state index in [0.29, 0.717) is 5.92 Å². The van der Waals surface area contributed by atoms with Crippen molar-refractivity contribution < 1.29 is 0 Å². The molecule has 3 heteroatoms. The van der Waals surface area contributed by atoms with E-state index in [4.69, 9.17) is 5.73 Å². The van der Waals surface area contributed by atoms with Gasteiger partial charge in [0.2, 0.25) is 0 Å². The standard InChI is InChI=1S/C11H21N3/c1-5-8(2)6-10(12)11-7-9(3)13-14(11)4/h7-8,10H,5-6,12H2,1-4H3. The van der Waals surface area contributed by atoms with Crippen LogP contribution in [-0.4, -0.2) is 9.78 Å². The van der Waals surface area contributed by atoms with Crippen LogP contribution in [0.1, 0.15) is 44.1 Å². The highest BCUT2D eigenvalue weighted by Crippen LogP contribution is 2.20. The molecule has 1 aromatic heterocycles. The number of aryl methyl sites for hydroxylation is 2. The van der Waals surface area contributed by atoms with Gasteiger partial charge in [-0.1, -0.05) is 20.3 Å². The van der Waals surface area contributed by atoms with Gasteiger partial charge >= 0.3 is 0 Å². The normalized spacial score (nSPS) is 15.5. The molecule has 80 valence electrons. The number of nitrogens with two attached hydrogens (primary N) is 1.